The largest absolute Gasteiger partial charge is 0.484 e. The van der Waals surface area contributed by atoms with Crippen molar-refractivity contribution in [2.45, 2.75) is 23.8 Å². The number of rotatable bonds is 8. The first-order valence-electron chi connectivity index (χ1n) is 8.82. The van der Waals surface area contributed by atoms with Crippen molar-refractivity contribution < 1.29 is 22.7 Å². The van der Waals surface area contributed by atoms with Crippen LogP contribution in [0.5, 0.6) is 5.75 Å². The topological polar surface area (TPSA) is 93.7 Å². The van der Waals surface area contributed by atoms with Gasteiger partial charge in [0.05, 0.1) is 11.0 Å². The third-order valence-corrected chi connectivity index (χ3v) is 6.08. The number of nitrogens with one attached hydrogen (secondary N) is 2. The van der Waals surface area contributed by atoms with Crippen LogP contribution in [-0.4, -0.2) is 40.2 Å². The number of anilines is 1. The van der Waals surface area contributed by atoms with E-state index in [1.807, 2.05) is 0 Å². The number of ether oxygens (including phenoxy) is 2. The summed E-state index contributed by atoms with van der Waals surface area (Å²) in [7, 11) is -3.71. The van der Waals surface area contributed by atoms with Gasteiger partial charge in [-0.3, -0.25) is 9.52 Å². The molecule has 7 nitrogen and oxygen atoms in total. The Morgan fingerprint density at radius 1 is 1.14 bits per heavy atom. The fraction of sp³-hybridized carbons (Fsp3) is 0.316. The molecule has 2 aromatic rings. The summed E-state index contributed by atoms with van der Waals surface area (Å²) in [4.78, 5) is 11.9. The van der Waals surface area contributed by atoms with E-state index in [4.69, 9.17) is 9.47 Å². The monoisotopic (exact) mass is 468 g/mol. The second-order valence-electron chi connectivity index (χ2n) is 6.31. The summed E-state index contributed by atoms with van der Waals surface area (Å²) in [5.41, 5.74) is 0.464. The highest BCUT2D eigenvalue weighted by atomic mass is 79.9. The van der Waals surface area contributed by atoms with Crippen molar-refractivity contribution in [1.29, 1.82) is 0 Å². The van der Waals surface area contributed by atoms with Crippen molar-refractivity contribution in [1.82, 2.24) is 5.32 Å². The van der Waals surface area contributed by atoms with Crippen LogP contribution in [-0.2, 0) is 19.6 Å². The van der Waals surface area contributed by atoms with Crippen LogP contribution in [0.2, 0.25) is 0 Å². The van der Waals surface area contributed by atoms with Gasteiger partial charge < -0.3 is 14.8 Å². The standard InChI is InChI=1S/C19H21BrN2O5S/c20-14-3-5-15(6-4-14)22-28(24,25)18-9-7-16(8-10-18)27-13-19(23)21-12-17-2-1-11-26-17/h3-10,17,22H,1-2,11-13H2,(H,21,23)/t17-/m1/s1. The predicted octanol–water partition coefficient (Wildman–Crippen LogP) is 2.92. The van der Waals surface area contributed by atoms with Crippen LogP contribution >= 0.6 is 15.9 Å². The molecular formula is C19H21BrN2O5S. The van der Waals surface area contributed by atoms with Gasteiger partial charge in [0.15, 0.2) is 6.61 Å². The molecule has 0 bridgehead atoms. The Hall–Kier alpha value is -2.10. The molecule has 2 N–H and O–H groups in total. The van der Waals surface area contributed by atoms with E-state index in [0.717, 1.165) is 23.9 Å². The Bertz CT molecular complexity index is 895. The Balaban J connectivity index is 1.50. The normalized spacial score (nSPS) is 16.5. The van der Waals surface area contributed by atoms with E-state index in [1.165, 1.54) is 24.3 Å². The van der Waals surface area contributed by atoms with Crippen LogP contribution < -0.4 is 14.8 Å². The molecule has 1 fully saturated rings. The molecule has 28 heavy (non-hydrogen) atoms. The minimum atomic E-state index is -3.71. The fourth-order valence-electron chi connectivity index (χ4n) is 2.68. The molecule has 3 rings (SSSR count). The van der Waals surface area contributed by atoms with Crippen molar-refractivity contribution in [3.63, 3.8) is 0 Å². The van der Waals surface area contributed by atoms with Crippen molar-refractivity contribution in [3.8, 4) is 5.75 Å². The Morgan fingerprint density at radius 3 is 2.50 bits per heavy atom. The van der Waals surface area contributed by atoms with E-state index in [2.05, 4.69) is 26.0 Å². The van der Waals surface area contributed by atoms with Crippen molar-refractivity contribution in [2.75, 3.05) is 24.5 Å². The lowest BCUT2D eigenvalue weighted by atomic mass is 10.2. The van der Waals surface area contributed by atoms with Crippen LogP contribution in [0.1, 0.15) is 12.8 Å². The van der Waals surface area contributed by atoms with E-state index < -0.39 is 10.0 Å². The second-order valence-corrected chi connectivity index (χ2v) is 8.91. The minimum Gasteiger partial charge on any atom is -0.484 e. The summed E-state index contributed by atoms with van der Waals surface area (Å²) >= 11 is 3.30. The maximum Gasteiger partial charge on any atom is 0.261 e. The lowest BCUT2D eigenvalue weighted by molar-refractivity contribution is -0.123. The maximum atomic E-state index is 12.4. The first-order chi connectivity index (χ1) is 13.4. The Morgan fingerprint density at radius 2 is 1.86 bits per heavy atom. The van der Waals surface area contributed by atoms with E-state index in [-0.39, 0.29) is 23.5 Å². The molecule has 0 spiro atoms. The minimum absolute atomic E-state index is 0.0756. The van der Waals surface area contributed by atoms with Crippen LogP contribution in [0, 0.1) is 0 Å². The predicted molar refractivity (Wildman–Crippen MR) is 109 cm³/mol. The van der Waals surface area contributed by atoms with E-state index >= 15 is 0 Å². The van der Waals surface area contributed by atoms with Crippen molar-refractivity contribution >= 4 is 37.5 Å². The van der Waals surface area contributed by atoms with Gasteiger partial charge in [-0.25, -0.2) is 8.42 Å². The average Bonchev–Trinajstić information content (AvgIpc) is 3.20. The van der Waals surface area contributed by atoms with E-state index in [1.54, 1.807) is 24.3 Å². The summed E-state index contributed by atoms with van der Waals surface area (Å²) < 4.78 is 39.1. The van der Waals surface area contributed by atoms with Gasteiger partial charge in [-0.2, -0.15) is 0 Å². The summed E-state index contributed by atoms with van der Waals surface area (Å²) in [5.74, 6) is 0.166. The highest BCUT2D eigenvalue weighted by molar-refractivity contribution is 9.10. The van der Waals surface area contributed by atoms with Crippen LogP contribution in [0.25, 0.3) is 0 Å². The third kappa shape index (κ3) is 5.95. The molecule has 1 saturated heterocycles. The number of carbonyl (C=O) groups is 1. The molecule has 1 aliphatic heterocycles. The molecule has 0 unspecified atom stereocenters. The lowest BCUT2D eigenvalue weighted by Crippen LogP contribution is -2.35. The number of benzene rings is 2. The molecular weight excluding hydrogens is 448 g/mol. The van der Waals surface area contributed by atoms with Gasteiger partial charge in [0.25, 0.3) is 15.9 Å². The highest BCUT2D eigenvalue weighted by Crippen LogP contribution is 2.20. The zero-order chi connectivity index (χ0) is 20.0. The van der Waals surface area contributed by atoms with Gasteiger partial charge >= 0.3 is 0 Å². The molecule has 2 aromatic carbocycles. The summed E-state index contributed by atoms with van der Waals surface area (Å²) in [6.07, 6.45) is 2.04. The number of halogens is 1. The molecule has 0 radical (unpaired) electrons. The van der Waals surface area contributed by atoms with Crippen LogP contribution in [0.3, 0.4) is 0 Å². The number of amides is 1. The number of hydrogen-bond acceptors (Lipinski definition) is 5. The van der Waals surface area contributed by atoms with Gasteiger partial charge in [0.2, 0.25) is 0 Å². The van der Waals surface area contributed by atoms with Crippen molar-refractivity contribution in [3.05, 3.63) is 53.0 Å². The molecule has 1 heterocycles. The first-order valence-corrected chi connectivity index (χ1v) is 11.1. The number of sulfonamides is 1. The van der Waals surface area contributed by atoms with Gasteiger partial charge in [-0.15, -0.1) is 0 Å². The molecule has 9 heteroatoms. The third-order valence-electron chi connectivity index (χ3n) is 4.15. The first kappa shape index (κ1) is 20.6. The maximum absolute atomic E-state index is 12.4. The second kappa shape index (κ2) is 9.40. The molecule has 1 atom stereocenters. The van der Waals surface area contributed by atoms with Gasteiger partial charge in [0.1, 0.15) is 5.75 Å². The Kier molecular flexibility index (Phi) is 6.93. The smallest absolute Gasteiger partial charge is 0.261 e. The zero-order valence-corrected chi connectivity index (χ0v) is 17.5. The van der Waals surface area contributed by atoms with E-state index in [0.29, 0.717) is 18.0 Å². The fourth-order valence-corrected chi connectivity index (χ4v) is 4.00. The highest BCUT2D eigenvalue weighted by Gasteiger charge is 2.17. The molecule has 1 aliphatic rings. The molecule has 0 aromatic heterocycles. The van der Waals surface area contributed by atoms with Crippen molar-refractivity contribution in [2.24, 2.45) is 0 Å². The Labute approximate surface area is 172 Å². The molecule has 150 valence electrons. The van der Waals surface area contributed by atoms with Crippen LogP contribution in [0.15, 0.2) is 57.9 Å². The zero-order valence-electron chi connectivity index (χ0n) is 15.1. The van der Waals surface area contributed by atoms with Gasteiger partial charge in [0, 0.05) is 23.3 Å². The quantitative estimate of drug-likeness (QED) is 0.620. The van der Waals surface area contributed by atoms with Gasteiger partial charge in [-0.05, 0) is 61.4 Å². The lowest BCUT2D eigenvalue weighted by Gasteiger charge is -2.12. The van der Waals surface area contributed by atoms with Crippen LogP contribution in [0.4, 0.5) is 5.69 Å². The van der Waals surface area contributed by atoms with E-state index in [9.17, 15) is 13.2 Å². The summed E-state index contributed by atoms with van der Waals surface area (Å²) in [5, 5.41) is 2.76. The SMILES string of the molecule is O=C(COc1ccc(S(=O)(=O)Nc2ccc(Br)cc2)cc1)NC[C@H]1CCCO1. The summed E-state index contributed by atoms with van der Waals surface area (Å²) in [6.45, 7) is 1.07. The molecule has 1 amide bonds. The summed E-state index contributed by atoms with van der Waals surface area (Å²) in [6, 6.07) is 12.7. The molecule has 0 saturated carbocycles. The number of carbonyl (C=O) groups excluding carboxylic acids is 1. The molecule has 0 aliphatic carbocycles. The number of hydrogen-bond donors (Lipinski definition) is 2. The van der Waals surface area contributed by atoms with Gasteiger partial charge in [-0.1, -0.05) is 15.9 Å². The average molecular weight is 469 g/mol.